The highest BCUT2D eigenvalue weighted by Gasteiger charge is 2.36. The lowest BCUT2D eigenvalue weighted by molar-refractivity contribution is -0.163. The van der Waals surface area contributed by atoms with E-state index >= 15 is 0 Å². The minimum Gasteiger partial charge on any atom is -0.481 e. The Kier molecular flexibility index (Phi) is 10.1. The number of hydrogen-bond donors (Lipinski definition) is 3. The Labute approximate surface area is 172 Å². The molecule has 29 heavy (non-hydrogen) atoms. The Hall–Kier alpha value is -2.16. The fraction of sp³-hybridized carbons (Fsp3) is 0.800. The van der Waals surface area contributed by atoms with Crippen LogP contribution in [-0.4, -0.2) is 64.5 Å². The molecule has 0 radical (unpaired) electrons. The van der Waals surface area contributed by atoms with Crippen LogP contribution >= 0.6 is 0 Å². The molecule has 4 N–H and O–H groups in total. The molecule has 0 aromatic rings. The van der Waals surface area contributed by atoms with Crippen LogP contribution in [0, 0.1) is 0 Å². The molecule has 1 heterocycles. The van der Waals surface area contributed by atoms with Crippen LogP contribution in [0.1, 0.15) is 72.1 Å². The number of carbonyl (C=O) groups excluding carboxylic acids is 3. The van der Waals surface area contributed by atoms with E-state index in [2.05, 4.69) is 5.32 Å². The molecule has 9 nitrogen and oxygen atoms in total. The van der Waals surface area contributed by atoms with Crippen molar-refractivity contribution in [2.24, 2.45) is 5.73 Å². The molecule has 0 unspecified atom stereocenters. The van der Waals surface area contributed by atoms with Gasteiger partial charge in [0.1, 0.15) is 11.6 Å². The minimum atomic E-state index is -0.982. The summed E-state index contributed by atoms with van der Waals surface area (Å²) in [6.07, 6.45) is 3.85. The number of amides is 2. The Balaban J connectivity index is 2.24. The highest BCUT2D eigenvalue weighted by atomic mass is 16.6. The Morgan fingerprint density at radius 2 is 1.86 bits per heavy atom. The number of aliphatic carboxylic acids is 1. The SMILES string of the molecule is CC(C)(C)OC(=O)[C@@H]1CCCN1C(=O)CCCCCNC(=O)[C@H](N)CCC(=O)O. The molecule has 0 aromatic carbocycles. The van der Waals surface area contributed by atoms with Gasteiger partial charge in [0.25, 0.3) is 0 Å². The molecule has 0 aromatic heterocycles. The van der Waals surface area contributed by atoms with Gasteiger partial charge in [-0.15, -0.1) is 0 Å². The Morgan fingerprint density at radius 1 is 1.17 bits per heavy atom. The summed E-state index contributed by atoms with van der Waals surface area (Å²) in [5, 5.41) is 11.3. The van der Waals surface area contributed by atoms with E-state index in [1.165, 1.54) is 0 Å². The second kappa shape index (κ2) is 11.7. The second-order valence-corrected chi connectivity index (χ2v) is 8.42. The summed E-state index contributed by atoms with van der Waals surface area (Å²) in [4.78, 5) is 48.6. The van der Waals surface area contributed by atoms with E-state index in [4.69, 9.17) is 15.6 Å². The molecule has 9 heteroatoms. The van der Waals surface area contributed by atoms with Crippen LogP contribution in [0.2, 0.25) is 0 Å². The predicted octanol–water partition coefficient (Wildman–Crippen LogP) is 1.19. The first-order valence-electron chi connectivity index (χ1n) is 10.3. The number of nitrogens with two attached hydrogens (primary N) is 1. The van der Waals surface area contributed by atoms with Gasteiger partial charge >= 0.3 is 11.9 Å². The summed E-state index contributed by atoms with van der Waals surface area (Å²) in [5.74, 6) is -1.73. The third-order valence-electron chi connectivity index (χ3n) is 4.62. The van der Waals surface area contributed by atoms with Crippen molar-refractivity contribution >= 4 is 23.8 Å². The number of nitrogens with one attached hydrogen (secondary N) is 1. The van der Waals surface area contributed by atoms with Crippen LogP contribution in [0.5, 0.6) is 0 Å². The van der Waals surface area contributed by atoms with Crippen molar-refractivity contribution in [1.29, 1.82) is 0 Å². The van der Waals surface area contributed by atoms with Crippen LogP contribution in [0.3, 0.4) is 0 Å². The van der Waals surface area contributed by atoms with E-state index in [0.717, 1.165) is 12.8 Å². The normalized spacial score (nSPS) is 17.7. The fourth-order valence-corrected chi connectivity index (χ4v) is 3.15. The molecule has 1 saturated heterocycles. The number of esters is 1. The Bertz CT molecular complexity index is 587. The summed E-state index contributed by atoms with van der Waals surface area (Å²) >= 11 is 0. The highest BCUT2D eigenvalue weighted by molar-refractivity contribution is 5.85. The van der Waals surface area contributed by atoms with Crippen LogP contribution in [0.15, 0.2) is 0 Å². The number of rotatable bonds is 11. The molecule has 2 atom stereocenters. The summed E-state index contributed by atoms with van der Waals surface area (Å²) in [6, 6.07) is -1.32. The summed E-state index contributed by atoms with van der Waals surface area (Å²) in [7, 11) is 0. The van der Waals surface area contributed by atoms with Gasteiger partial charge in [0.05, 0.1) is 6.04 Å². The molecular formula is C20H35N3O6. The van der Waals surface area contributed by atoms with Crippen LogP contribution in [0.4, 0.5) is 0 Å². The van der Waals surface area contributed by atoms with Crippen molar-refractivity contribution in [2.75, 3.05) is 13.1 Å². The number of carboxylic acid groups (broad SMARTS) is 1. The molecule has 1 aliphatic heterocycles. The monoisotopic (exact) mass is 413 g/mol. The largest absolute Gasteiger partial charge is 0.481 e. The van der Waals surface area contributed by atoms with Crippen molar-refractivity contribution in [3.8, 4) is 0 Å². The lowest BCUT2D eigenvalue weighted by Crippen LogP contribution is -2.43. The van der Waals surface area contributed by atoms with Gasteiger partial charge in [0.15, 0.2) is 0 Å². The summed E-state index contributed by atoms with van der Waals surface area (Å²) in [6.45, 7) is 6.43. The third-order valence-corrected chi connectivity index (χ3v) is 4.62. The van der Waals surface area contributed by atoms with Crippen LogP contribution in [0.25, 0.3) is 0 Å². The van der Waals surface area contributed by atoms with Gasteiger partial charge in [-0.3, -0.25) is 14.4 Å². The number of carbonyl (C=O) groups is 4. The number of hydrogen-bond acceptors (Lipinski definition) is 6. The maximum Gasteiger partial charge on any atom is 0.329 e. The van der Waals surface area contributed by atoms with Gasteiger partial charge in [-0.2, -0.15) is 0 Å². The number of nitrogens with zero attached hydrogens (tertiary/aromatic N) is 1. The van der Waals surface area contributed by atoms with E-state index in [-0.39, 0.29) is 30.6 Å². The molecule has 1 fully saturated rings. The van der Waals surface area contributed by atoms with E-state index in [1.807, 2.05) is 20.8 Å². The van der Waals surface area contributed by atoms with E-state index in [0.29, 0.717) is 38.8 Å². The summed E-state index contributed by atoms with van der Waals surface area (Å²) < 4.78 is 5.42. The first-order chi connectivity index (χ1) is 13.5. The molecule has 1 rings (SSSR count). The predicted molar refractivity (Wildman–Crippen MR) is 107 cm³/mol. The average molecular weight is 414 g/mol. The third kappa shape index (κ3) is 9.74. The molecular weight excluding hydrogens is 378 g/mol. The smallest absolute Gasteiger partial charge is 0.329 e. The standard InChI is InChI=1S/C20H35N3O6/c1-20(2,3)29-19(28)15-8-7-13-23(15)16(24)9-5-4-6-12-22-18(27)14(21)10-11-17(25)26/h14-15H,4-13,21H2,1-3H3,(H,22,27)(H,25,26)/t14-,15+/m1/s1. The Morgan fingerprint density at radius 3 is 2.48 bits per heavy atom. The number of ether oxygens (including phenoxy) is 1. The first kappa shape index (κ1) is 24.9. The van der Waals surface area contributed by atoms with Gasteiger partial charge in [-0.25, -0.2) is 4.79 Å². The number of carboxylic acids is 1. The molecule has 0 aliphatic carbocycles. The van der Waals surface area contributed by atoms with Crippen LogP contribution < -0.4 is 11.1 Å². The maximum absolute atomic E-state index is 12.5. The second-order valence-electron chi connectivity index (χ2n) is 8.42. The molecule has 0 bridgehead atoms. The van der Waals surface area contributed by atoms with Crippen molar-refractivity contribution in [1.82, 2.24) is 10.2 Å². The van der Waals surface area contributed by atoms with Gasteiger partial charge in [0.2, 0.25) is 11.8 Å². The van der Waals surface area contributed by atoms with Crippen molar-refractivity contribution in [2.45, 2.75) is 89.8 Å². The van der Waals surface area contributed by atoms with E-state index < -0.39 is 23.7 Å². The first-order valence-corrected chi connectivity index (χ1v) is 10.3. The van der Waals surface area contributed by atoms with Gasteiger partial charge in [-0.1, -0.05) is 6.42 Å². The molecule has 0 spiro atoms. The fourth-order valence-electron chi connectivity index (χ4n) is 3.15. The average Bonchev–Trinajstić information content (AvgIpc) is 3.10. The topological polar surface area (TPSA) is 139 Å². The van der Waals surface area contributed by atoms with Crippen molar-refractivity contribution in [3.05, 3.63) is 0 Å². The zero-order valence-electron chi connectivity index (χ0n) is 17.7. The molecule has 1 aliphatic rings. The highest BCUT2D eigenvalue weighted by Crippen LogP contribution is 2.22. The zero-order chi connectivity index (χ0) is 22.0. The minimum absolute atomic E-state index is 0.0434. The molecule has 0 saturated carbocycles. The van der Waals surface area contributed by atoms with Crippen molar-refractivity contribution < 1.29 is 29.0 Å². The molecule has 166 valence electrons. The van der Waals surface area contributed by atoms with Gasteiger partial charge in [-0.05, 0) is 52.9 Å². The lowest BCUT2D eigenvalue weighted by Gasteiger charge is -2.27. The zero-order valence-corrected chi connectivity index (χ0v) is 17.7. The van der Waals surface area contributed by atoms with Gasteiger partial charge in [0, 0.05) is 25.9 Å². The quantitative estimate of drug-likeness (QED) is 0.341. The maximum atomic E-state index is 12.5. The van der Waals surface area contributed by atoms with E-state index in [9.17, 15) is 19.2 Å². The van der Waals surface area contributed by atoms with E-state index in [1.54, 1.807) is 4.90 Å². The number of likely N-dealkylation sites (tertiary alicyclic amines) is 1. The number of unbranched alkanes of at least 4 members (excludes halogenated alkanes) is 2. The van der Waals surface area contributed by atoms with Gasteiger partial charge < -0.3 is 25.8 Å². The summed E-state index contributed by atoms with van der Waals surface area (Å²) in [5.41, 5.74) is 5.05. The van der Waals surface area contributed by atoms with Crippen molar-refractivity contribution in [3.63, 3.8) is 0 Å². The van der Waals surface area contributed by atoms with Crippen LogP contribution in [-0.2, 0) is 23.9 Å². The molecule has 2 amide bonds. The lowest BCUT2D eigenvalue weighted by atomic mass is 10.1.